The van der Waals surface area contributed by atoms with Gasteiger partial charge in [-0.2, -0.15) is 13.2 Å². The van der Waals surface area contributed by atoms with Crippen LogP contribution in [-0.4, -0.2) is 0 Å². The van der Waals surface area contributed by atoms with Crippen LogP contribution in [0, 0.1) is 11.8 Å². The van der Waals surface area contributed by atoms with E-state index in [1.54, 1.807) is 6.92 Å². The van der Waals surface area contributed by atoms with Gasteiger partial charge in [0.15, 0.2) is 0 Å². The van der Waals surface area contributed by atoms with E-state index in [-0.39, 0.29) is 0 Å². The molecule has 3 heteroatoms. The Balaban J connectivity index is 2.98. The SMILES string of the molecule is CC#Cc1ccc(C(F)(F)F)cc1. The molecule has 0 aliphatic heterocycles. The van der Waals surface area contributed by atoms with E-state index in [1.165, 1.54) is 12.1 Å². The first kappa shape index (κ1) is 9.66. The minimum absolute atomic E-state index is 0.593. The maximum Gasteiger partial charge on any atom is 0.416 e. The van der Waals surface area contributed by atoms with Crippen LogP contribution in [0.4, 0.5) is 13.2 Å². The van der Waals surface area contributed by atoms with Crippen molar-refractivity contribution in [3.8, 4) is 11.8 Å². The fourth-order valence-electron chi connectivity index (χ4n) is 0.887. The van der Waals surface area contributed by atoms with E-state index in [4.69, 9.17) is 0 Å². The van der Waals surface area contributed by atoms with Gasteiger partial charge in [0.05, 0.1) is 5.56 Å². The highest BCUT2D eigenvalue weighted by Crippen LogP contribution is 2.28. The fourth-order valence-corrected chi connectivity index (χ4v) is 0.887. The van der Waals surface area contributed by atoms with Crippen LogP contribution < -0.4 is 0 Å². The summed E-state index contributed by atoms with van der Waals surface area (Å²) in [6, 6.07) is 4.78. The quantitative estimate of drug-likeness (QED) is 0.543. The lowest BCUT2D eigenvalue weighted by atomic mass is 10.1. The maximum absolute atomic E-state index is 12.1. The average Bonchev–Trinajstić information content (AvgIpc) is 2.04. The number of rotatable bonds is 0. The van der Waals surface area contributed by atoms with E-state index in [9.17, 15) is 13.2 Å². The number of benzene rings is 1. The Bertz CT molecular complexity index is 335. The normalized spacial score (nSPS) is 10.5. The van der Waals surface area contributed by atoms with Crippen molar-refractivity contribution < 1.29 is 13.2 Å². The van der Waals surface area contributed by atoms with Crippen molar-refractivity contribution in [3.05, 3.63) is 35.4 Å². The summed E-state index contributed by atoms with van der Waals surface area (Å²) in [4.78, 5) is 0. The van der Waals surface area contributed by atoms with E-state index in [0.717, 1.165) is 12.1 Å². The first-order valence-corrected chi connectivity index (χ1v) is 3.64. The second kappa shape index (κ2) is 3.53. The highest BCUT2D eigenvalue weighted by molar-refractivity contribution is 5.36. The van der Waals surface area contributed by atoms with Gasteiger partial charge >= 0.3 is 6.18 Å². The Kier molecular flexibility index (Phi) is 2.62. The summed E-state index contributed by atoms with van der Waals surface area (Å²) >= 11 is 0. The Labute approximate surface area is 74.4 Å². The van der Waals surface area contributed by atoms with Crippen molar-refractivity contribution >= 4 is 0 Å². The molecule has 1 rings (SSSR count). The van der Waals surface area contributed by atoms with Gasteiger partial charge in [0.25, 0.3) is 0 Å². The van der Waals surface area contributed by atoms with Crippen molar-refractivity contribution in [1.82, 2.24) is 0 Å². The lowest BCUT2D eigenvalue weighted by Crippen LogP contribution is -2.03. The van der Waals surface area contributed by atoms with Gasteiger partial charge in [-0.05, 0) is 31.2 Å². The van der Waals surface area contributed by atoms with Crippen molar-refractivity contribution in [2.24, 2.45) is 0 Å². The Hall–Kier alpha value is -1.43. The smallest absolute Gasteiger partial charge is 0.166 e. The third kappa shape index (κ3) is 2.51. The summed E-state index contributed by atoms with van der Waals surface area (Å²) < 4.78 is 36.2. The molecule has 0 bridgehead atoms. The number of hydrogen-bond donors (Lipinski definition) is 0. The highest BCUT2D eigenvalue weighted by atomic mass is 19.4. The number of alkyl halides is 3. The Morgan fingerprint density at radius 2 is 1.62 bits per heavy atom. The van der Waals surface area contributed by atoms with Crippen LogP contribution >= 0.6 is 0 Å². The second-order valence-corrected chi connectivity index (χ2v) is 2.45. The summed E-state index contributed by atoms with van der Waals surface area (Å²) in [5.41, 5.74) is -0.0512. The fraction of sp³-hybridized carbons (Fsp3) is 0.200. The molecule has 0 unspecified atom stereocenters. The highest BCUT2D eigenvalue weighted by Gasteiger charge is 2.29. The largest absolute Gasteiger partial charge is 0.416 e. The number of halogens is 3. The maximum atomic E-state index is 12.1. The molecule has 13 heavy (non-hydrogen) atoms. The minimum atomic E-state index is -4.27. The molecule has 0 spiro atoms. The molecule has 0 saturated heterocycles. The molecule has 0 amide bonds. The monoisotopic (exact) mass is 184 g/mol. The lowest BCUT2D eigenvalue weighted by molar-refractivity contribution is -0.137. The van der Waals surface area contributed by atoms with Crippen molar-refractivity contribution in [1.29, 1.82) is 0 Å². The topological polar surface area (TPSA) is 0 Å². The Morgan fingerprint density at radius 1 is 1.08 bits per heavy atom. The molecule has 0 nitrogen and oxygen atoms in total. The van der Waals surface area contributed by atoms with E-state index in [1.807, 2.05) is 0 Å². The molecule has 0 aliphatic rings. The van der Waals surface area contributed by atoms with Gasteiger partial charge in [0.1, 0.15) is 0 Å². The molecular weight excluding hydrogens is 177 g/mol. The second-order valence-electron chi connectivity index (χ2n) is 2.45. The van der Waals surface area contributed by atoms with Crippen molar-refractivity contribution in [3.63, 3.8) is 0 Å². The summed E-state index contributed by atoms with van der Waals surface area (Å²) in [5.74, 6) is 5.28. The molecule has 0 N–H and O–H groups in total. The van der Waals surface area contributed by atoms with Gasteiger partial charge in [0, 0.05) is 5.56 Å². The average molecular weight is 184 g/mol. The first-order chi connectivity index (χ1) is 6.04. The van der Waals surface area contributed by atoms with Crippen LogP contribution in [0.3, 0.4) is 0 Å². The summed E-state index contributed by atoms with van der Waals surface area (Å²) in [5, 5.41) is 0. The molecule has 1 aromatic carbocycles. The molecule has 0 atom stereocenters. The molecule has 0 radical (unpaired) electrons. The van der Waals surface area contributed by atoms with Crippen molar-refractivity contribution in [2.45, 2.75) is 13.1 Å². The van der Waals surface area contributed by atoms with Crippen LogP contribution in [0.1, 0.15) is 18.1 Å². The molecule has 0 aromatic heterocycles. The van der Waals surface area contributed by atoms with E-state index in [0.29, 0.717) is 5.56 Å². The first-order valence-electron chi connectivity index (χ1n) is 3.64. The van der Waals surface area contributed by atoms with E-state index < -0.39 is 11.7 Å². The summed E-state index contributed by atoms with van der Waals surface area (Å²) in [6.45, 7) is 1.64. The molecule has 68 valence electrons. The van der Waals surface area contributed by atoms with Crippen LogP contribution in [0.2, 0.25) is 0 Å². The van der Waals surface area contributed by atoms with Crippen LogP contribution in [0.25, 0.3) is 0 Å². The van der Waals surface area contributed by atoms with Crippen molar-refractivity contribution in [2.75, 3.05) is 0 Å². The predicted octanol–water partition coefficient (Wildman–Crippen LogP) is 3.08. The molecule has 0 fully saturated rings. The van der Waals surface area contributed by atoms with E-state index >= 15 is 0 Å². The number of hydrogen-bond acceptors (Lipinski definition) is 0. The van der Waals surface area contributed by atoms with E-state index in [2.05, 4.69) is 11.8 Å². The molecule has 0 heterocycles. The van der Waals surface area contributed by atoms with Gasteiger partial charge in [-0.1, -0.05) is 5.92 Å². The zero-order valence-corrected chi connectivity index (χ0v) is 6.94. The van der Waals surface area contributed by atoms with Gasteiger partial charge in [-0.25, -0.2) is 0 Å². The van der Waals surface area contributed by atoms with Gasteiger partial charge in [-0.15, -0.1) is 5.92 Å². The third-order valence-corrected chi connectivity index (χ3v) is 1.48. The molecule has 1 aromatic rings. The Morgan fingerprint density at radius 3 is 2.00 bits per heavy atom. The molecule has 0 saturated carbocycles. The lowest BCUT2D eigenvalue weighted by Gasteiger charge is -2.05. The van der Waals surface area contributed by atoms with Gasteiger partial charge in [-0.3, -0.25) is 0 Å². The standard InChI is InChI=1S/C10H7F3/c1-2-3-8-4-6-9(7-5-8)10(11,12)13/h4-7H,1H3. The van der Waals surface area contributed by atoms with Crippen LogP contribution in [0.15, 0.2) is 24.3 Å². The molecular formula is C10H7F3. The minimum Gasteiger partial charge on any atom is -0.166 e. The summed E-state index contributed by atoms with van der Waals surface area (Å²) in [6.07, 6.45) is -4.27. The van der Waals surface area contributed by atoms with Crippen LogP contribution in [0.5, 0.6) is 0 Å². The predicted molar refractivity (Wildman–Crippen MR) is 44.0 cm³/mol. The van der Waals surface area contributed by atoms with Gasteiger partial charge < -0.3 is 0 Å². The van der Waals surface area contributed by atoms with Gasteiger partial charge in [0.2, 0.25) is 0 Å². The third-order valence-electron chi connectivity index (χ3n) is 1.48. The summed E-state index contributed by atoms with van der Waals surface area (Å²) in [7, 11) is 0. The zero-order chi connectivity index (χ0) is 9.90. The molecule has 0 aliphatic carbocycles. The van der Waals surface area contributed by atoms with Crippen LogP contribution in [-0.2, 0) is 6.18 Å². The zero-order valence-electron chi connectivity index (χ0n) is 6.94.